The van der Waals surface area contributed by atoms with Crippen molar-refractivity contribution in [1.82, 2.24) is 0 Å². The first-order valence-electron chi connectivity index (χ1n) is 8.96. The lowest BCUT2D eigenvalue weighted by molar-refractivity contribution is 1.63. The summed E-state index contributed by atoms with van der Waals surface area (Å²) in [4.78, 5) is 0. The lowest BCUT2D eigenvalue weighted by Crippen LogP contribution is -2.27. The molecular formula is C25H20BrP. The average molecular weight is 431 g/mol. The molecule has 2 heteroatoms. The third-order valence-corrected chi connectivity index (χ3v) is 9.26. The first kappa shape index (κ1) is 18.0. The number of hydrogen-bond acceptors (Lipinski definition) is 0. The van der Waals surface area contributed by atoms with E-state index in [4.69, 9.17) is 0 Å². The van der Waals surface area contributed by atoms with Crippen molar-refractivity contribution in [2.45, 2.75) is 0 Å². The normalized spacial score (nSPS) is 11.1. The van der Waals surface area contributed by atoms with Crippen molar-refractivity contribution in [2.24, 2.45) is 0 Å². The summed E-state index contributed by atoms with van der Waals surface area (Å²) in [5.41, 5.74) is 1.24. The molecule has 4 rings (SSSR count). The highest BCUT2D eigenvalue weighted by Gasteiger charge is 2.24. The monoisotopic (exact) mass is 430 g/mol. The first-order valence-corrected chi connectivity index (χ1v) is 11.6. The lowest BCUT2D eigenvalue weighted by atomic mass is 10.2. The van der Waals surface area contributed by atoms with Crippen molar-refractivity contribution in [1.29, 1.82) is 0 Å². The summed E-state index contributed by atoms with van der Waals surface area (Å²) in [5.74, 6) is 2.49. The van der Waals surface area contributed by atoms with Crippen LogP contribution in [0.1, 0.15) is 5.56 Å². The fourth-order valence-corrected chi connectivity index (χ4v) is 7.59. The molecule has 0 saturated heterocycles. The van der Waals surface area contributed by atoms with Gasteiger partial charge in [0.15, 0.2) is 0 Å². The Morgan fingerprint density at radius 1 is 0.481 bits per heavy atom. The molecule has 0 fully saturated rings. The Labute approximate surface area is 169 Å². The molecule has 0 bridgehead atoms. The average Bonchev–Trinajstić information content (AvgIpc) is 2.75. The van der Waals surface area contributed by atoms with E-state index in [0.717, 1.165) is 4.47 Å². The maximum Gasteiger partial charge on any atom is 0.0175 e. The van der Waals surface area contributed by atoms with Crippen LogP contribution in [0.2, 0.25) is 0 Å². The molecular weight excluding hydrogens is 411 g/mol. The Hall–Kier alpha value is -2.34. The predicted octanol–water partition coefficient (Wildman–Crippen LogP) is 5.59. The minimum absolute atomic E-state index is 1.10. The van der Waals surface area contributed by atoms with Crippen molar-refractivity contribution in [2.75, 3.05) is 0 Å². The topological polar surface area (TPSA) is 0 Å². The van der Waals surface area contributed by atoms with Gasteiger partial charge >= 0.3 is 0 Å². The van der Waals surface area contributed by atoms with Crippen molar-refractivity contribution in [3.8, 4) is 0 Å². The van der Waals surface area contributed by atoms with E-state index in [1.165, 1.54) is 21.5 Å². The zero-order chi connectivity index (χ0) is 18.5. The van der Waals surface area contributed by atoms with Crippen molar-refractivity contribution < 1.29 is 0 Å². The van der Waals surface area contributed by atoms with Gasteiger partial charge in [-0.15, -0.1) is 0 Å². The van der Waals surface area contributed by atoms with Gasteiger partial charge in [0.2, 0.25) is 0 Å². The second-order valence-corrected chi connectivity index (χ2v) is 10.6. The van der Waals surface area contributed by atoms with Crippen LogP contribution in [-0.4, -0.2) is 5.80 Å². The molecule has 132 valence electrons. The highest BCUT2D eigenvalue weighted by molar-refractivity contribution is 9.10. The van der Waals surface area contributed by atoms with Crippen molar-refractivity contribution in [3.63, 3.8) is 0 Å². The number of hydrogen-bond donors (Lipinski definition) is 0. The molecule has 0 amide bonds. The molecule has 0 nitrogen and oxygen atoms in total. The third kappa shape index (κ3) is 3.72. The van der Waals surface area contributed by atoms with E-state index in [2.05, 4.69) is 137 Å². The summed E-state index contributed by atoms with van der Waals surface area (Å²) in [6.07, 6.45) is 0. The van der Waals surface area contributed by atoms with Crippen LogP contribution in [0.3, 0.4) is 0 Å². The largest absolute Gasteiger partial charge is 0.0622 e. The highest BCUT2D eigenvalue weighted by atomic mass is 79.9. The zero-order valence-corrected chi connectivity index (χ0v) is 17.4. The van der Waals surface area contributed by atoms with E-state index in [-0.39, 0.29) is 0 Å². The summed E-state index contributed by atoms with van der Waals surface area (Å²) < 4.78 is 1.10. The summed E-state index contributed by atoms with van der Waals surface area (Å²) >= 11 is 3.56. The van der Waals surface area contributed by atoms with Crippen LogP contribution in [0.5, 0.6) is 0 Å². The van der Waals surface area contributed by atoms with Crippen LogP contribution in [0.4, 0.5) is 0 Å². The Morgan fingerprint density at radius 3 is 1.22 bits per heavy atom. The van der Waals surface area contributed by atoms with E-state index in [1.807, 2.05) is 0 Å². The van der Waals surface area contributed by atoms with Crippen LogP contribution in [0.15, 0.2) is 120 Å². The minimum atomic E-state index is -1.93. The Bertz CT molecular complexity index is 950. The van der Waals surface area contributed by atoms with Crippen LogP contribution in [0, 0.1) is 0 Å². The summed E-state index contributed by atoms with van der Waals surface area (Å²) in [6, 6.07) is 41.3. The summed E-state index contributed by atoms with van der Waals surface area (Å²) in [5, 5.41) is 4.10. The fraction of sp³-hybridized carbons (Fsp3) is 0. The van der Waals surface area contributed by atoms with E-state index in [1.54, 1.807) is 0 Å². The molecule has 0 aromatic heterocycles. The van der Waals surface area contributed by atoms with Crippen molar-refractivity contribution >= 4 is 44.5 Å². The van der Waals surface area contributed by atoms with Gasteiger partial charge in [0.25, 0.3) is 0 Å². The molecule has 0 radical (unpaired) electrons. The maximum atomic E-state index is 3.56. The number of benzene rings is 4. The van der Waals surface area contributed by atoms with Gasteiger partial charge in [-0.25, -0.2) is 0 Å². The Kier molecular flexibility index (Phi) is 5.43. The van der Waals surface area contributed by atoms with Gasteiger partial charge in [-0.3, -0.25) is 0 Å². The number of rotatable bonds is 4. The molecule has 0 spiro atoms. The van der Waals surface area contributed by atoms with Crippen molar-refractivity contribution in [3.05, 3.63) is 125 Å². The molecule has 0 N–H and O–H groups in total. The number of halogens is 1. The molecule has 4 aromatic rings. The quantitative estimate of drug-likeness (QED) is 0.370. The highest BCUT2D eigenvalue weighted by Crippen LogP contribution is 2.44. The smallest absolute Gasteiger partial charge is 0.0175 e. The second-order valence-electron chi connectivity index (χ2n) is 6.41. The molecule has 0 atom stereocenters. The molecule has 0 saturated carbocycles. The van der Waals surface area contributed by atoms with E-state index < -0.39 is 6.89 Å². The Balaban J connectivity index is 2.11. The third-order valence-electron chi connectivity index (χ3n) is 4.70. The molecule has 0 aliphatic carbocycles. The predicted molar refractivity (Wildman–Crippen MR) is 124 cm³/mol. The molecule has 27 heavy (non-hydrogen) atoms. The van der Waals surface area contributed by atoms with E-state index >= 15 is 0 Å². The van der Waals surface area contributed by atoms with Crippen LogP contribution in [0.25, 0.3) is 0 Å². The lowest BCUT2D eigenvalue weighted by Gasteiger charge is -2.29. The van der Waals surface area contributed by atoms with Gasteiger partial charge in [0.1, 0.15) is 0 Å². The molecule has 0 aliphatic rings. The second kappa shape index (κ2) is 8.13. The van der Waals surface area contributed by atoms with Gasteiger partial charge in [0.05, 0.1) is 0 Å². The molecule has 0 aliphatic heterocycles. The van der Waals surface area contributed by atoms with E-state index in [0.29, 0.717) is 0 Å². The molecule has 0 unspecified atom stereocenters. The standard InChI is InChI=1S/C25H20BrP/c26-22-18-16-21(17-19-22)20-27(23-10-4-1-5-11-23,24-12-6-2-7-13-24)25-14-8-3-9-15-25/h1-20H. The Morgan fingerprint density at radius 2 is 0.852 bits per heavy atom. The van der Waals surface area contributed by atoms with Gasteiger partial charge in [0, 0.05) is 4.47 Å². The van der Waals surface area contributed by atoms with Gasteiger partial charge < -0.3 is 0 Å². The SMILES string of the molecule is Brc1ccc(C=P(c2ccccc2)(c2ccccc2)c2ccccc2)cc1. The van der Waals surface area contributed by atoms with Crippen LogP contribution < -0.4 is 15.9 Å². The first-order chi connectivity index (χ1) is 13.3. The maximum absolute atomic E-state index is 3.56. The summed E-state index contributed by atoms with van der Waals surface area (Å²) in [6.45, 7) is -1.93. The summed E-state index contributed by atoms with van der Waals surface area (Å²) in [7, 11) is 0. The zero-order valence-electron chi connectivity index (χ0n) is 14.9. The molecule has 0 heterocycles. The molecule has 4 aromatic carbocycles. The van der Waals surface area contributed by atoms with Gasteiger partial charge in [-0.05, 0) is 46.3 Å². The van der Waals surface area contributed by atoms with Crippen LogP contribution >= 0.6 is 22.8 Å². The van der Waals surface area contributed by atoms with E-state index in [9.17, 15) is 0 Å². The van der Waals surface area contributed by atoms with Crippen LogP contribution in [-0.2, 0) is 0 Å². The fourth-order valence-electron chi connectivity index (χ4n) is 3.43. The van der Waals surface area contributed by atoms with Gasteiger partial charge in [-0.1, -0.05) is 119 Å². The van der Waals surface area contributed by atoms with Gasteiger partial charge in [-0.2, -0.15) is 0 Å². The minimum Gasteiger partial charge on any atom is -0.0622 e.